The van der Waals surface area contributed by atoms with Crippen molar-refractivity contribution in [3.8, 4) is 0 Å². The fourth-order valence-corrected chi connectivity index (χ4v) is 2.86. The Hall–Kier alpha value is -0.820. The van der Waals surface area contributed by atoms with Gasteiger partial charge in [-0.1, -0.05) is 37.6 Å². The summed E-state index contributed by atoms with van der Waals surface area (Å²) in [6.45, 7) is 10.3. The Balaban J connectivity index is 2.11. The molecule has 106 valence electrons. The van der Waals surface area contributed by atoms with Crippen LogP contribution in [0.2, 0.25) is 0 Å². The first kappa shape index (κ1) is 14.6. The predicted molar refractivity (Wildman–Crippen MR) is 83.7 cm³/mol. The first-order chi connectivity index (χ1) is 9.08. The second-order valence-corrected chi connectivity index (χ2v) is 6.47. The number of nitrogens with one attached hydrogen (secondary N) is 1. The molecule has 1 aliphatic carbocycles. The first-order valence-corrected chi connectivity index (χ1v) is 7.88. The second-order valence-electron chi connectivity index (χ2n) is 6.47. The molecule has 1 saturated carbocycles. The lowest BCUT2D eigenvalue weighted by Crippen LogP contribution is -2.36. The first-order valence-electron chi connectivity index (χ1n) is 7.88. The highest BCUT2D eigenvalue weighted by Crippen LogP contribution is 2.33. The number of benzene rings is 1. The fraction of sp³-hybridized carbons (Fsp3) is 0.667. The molecule has 1 heteroatoms. The van der Waals surface area contributed by atoms with Crippen molar-refractivity contribution in [2.75, 3.05) is 6.54 Å². The van der Waals surface area contributed by atoms with E-state index in [1.54, 1.807) is 5.56 Å². The minimum absolute atomic E-state index is 0.432. The van der Waals surface area contributed by atoms with Gasteiger partial charge in [0.1, 0.15) is 0 Å². The van der Waals surface area contributed by atoms with E-state index in [4.69, 9.17) is 0 Å². The largest absolute Gasteiger partial charge is 0.313 e. The quantitative estimate of drug-likeness (QED) is 0.765. The smallest absolute Gasteiger partial charge is 0.00684 e. The molecule has 1 fully saturated rings. The van der Waals surface area contributed by atoms with Crippen LogP contribution in [0.5, 0.6) is 0 Å². The van der Waals surface area contributed by atoms with Crippen LogP contribution in [-0.4, -0.2) is 12.6 Å². The molecule has 19 heavy (non-hydrogen) atoms. The van der Waals surface area contributed by atoms with E-state index < -0.39 is 0 Å². The molecular weight excluding hydrogens is 230 g/mol. The Morgan fingerprint density at radius 2 is 1.84 bits per heavy atom. The maximum Gasteiger partial charge on any atom is 0.00684 e. The molecule has 0 amide bonds. The Bertz CT molecular complexity index is 414. The summed E-state index contributed by atoms with van der Waals surface area (Å²) >= 11 is 0. The molecule has 1 nitrogen and oxygen atoms in total. The zero-order valence-electron chi connectivity index (χ0n) is 13.1. The summed E-state index contributed by atoms with van der Waals surface area (Å²) in [5.41, 5.74) is 4.81. The van der Waals surface area contributed by atoms with Crippen LogP contribution in [0, 0.1) is 19.3 Å². The van der Waals surface area contributed by atoms with Crippen molar-refractivity contribution in [1.82, 2.24) is 5.32 Å². The molecule has 1 aliphatic rings. The van der Waals surface area contributed by atoms with E-state index in [1.807, 2.05) is 0 Å². The van der Waals surface area contributed by atoms with E-state index in [-0.39, 0.29) is 0 Å². The summed E-state index contributed by atoms with van der Waals surface area (Å²) in [5.74, 6) is 0. The molecule has 0 radical (unpaired) electrons. The zero-order chi connectivity index (χ0) is 13.9. The highest BCUT2D eigenvalue weighted by molar-refractivity contribution is 5.31. The van der Waals surface area contributed by atoms with E-state index in [0.29, 0.717) is 5.41 Å². The molecule has 1 aromatic carbocycles. The normalized spacial score (nSPS) is 15.8. The third-order valence-electron chi connectivity index (χ3n) is 4.91. The minimum Gasteiger partial charge on any atom is -0.313 e. The summed E-state index contributed by atoms with van der Waals surface area (Å²) < 4.78 is 0. The van der Waals surface area contributed by atoms with Crippen molar-refractivity contribution >= 4 is 0 Å². The summed E-state index contributed by atoms with van der Waals surface area (Å²) in [6, 6.07) is 7.69. The van der Waals surface area contributed by atoms with Gasteiger partial charge in [-0.15, -0.1) is 0 Å². The average Bonchev–Trinajstić information content (AvgIpc) is 3.23. The Labute approximate surface area is 118 Å². The highest BCUT2D eigenvalue weighted by Gasteiger charge is 2.30. The van der Waals surface area contributed by atoms with Crippen LogP contribution in [-0.2, 0) is 6.42 Å². The monoisotopic (exact) mass is 259 g/mol. The zero-order valence-corrected chi connectivity index (χ0v) is 13.1. The van der Waals surface area contributed by atoms with Gasteiger partial charge in [-0.3, -0.25) is 0 Å². The Kier molecular flexibility index (Phi) is 4.67. The fourth-order valence-electron chi connectivity index (χ4n) is 2.86. The molecular formula is C18H29N. The van der Waals surface area contributed by atoms with Gasteiger partial charge in [0.25, 0.3) is 0 Å². The molecule has 0 heterocycles. The highest BCUT2D eigenvalue weighted by atomic mass is 15.0. The number of aryl methyl sites for hydroxylation is 2. The molecule has 1 aromatic rings. The SMILES string of the molecule is CCC(CC)(CNC1CC1)Cc1cc(C)ccc1C. The van der Waals surface area contributed by atoms with Crippen molar-refractivity contribution in [3.63, 3.8) is 0 Å². The average molecular weight is 259 g/mol. The van der Waals surface area contributed by atoms with Crippen molar-refractivity contribution in [1.29, 1.82) is 0 Å². The van der Waals surface area contributed by atoms with Crippen LogP contribution in [0.25, 0.3) is 0 Å². The second kappa shape index (κ2) is 6.09. The van der Waals surface area contributed by atoms with Gasteiger partial charge in [0.2, 0.25) is 0 Å². The molecule has 0 saturated heterocycles. The Morgan fingerprint density at radius 3 is 2.42 bits per heavy atom. The van der Waals surface area contributed by atoms with Gasteiger partial charge in [0.05, 0.1) is 0 Å². The molecule has 0 unspecified atom stereocenters. The molecule has 0 spiro atoms. The van der Waals surface area contributed by atoms with Crippen LogP contribution >= 0.6 is 0 Å². The Morgan fingerprint density at radius 1 is 1.16 bits per heavy atom. The van der Waals surface area contributed by atoms with E-state index in [0.717, 1.165) is 6.04 Å². The van der Waals surface area contributed by atoms with Gasteiger partial charge in [-0.05, 0) is 62.5 Å². The van der Waals surface area contributed by atoms with Gasteiger partial charge in [0.15, 0.2) is 0 Å². The maximum absolute atomic E-state index is 3.75. The van der Waals surface area contributed by atoms with Crippen LogP contribution in [0.4, 0.5) is 0 Å². The number of hydrogen-bond donors (Lipinski definition) is 1. The lowest BCUT2D eigenvalue weighted by molar-refractivity contribution is 0.245. The number of hydrogen-bond acceptors (Lipinski definition) is 1. The topological polar surface area (TPSA) is 12.0 Å². The van der Waals surface area contributed by atoms with Crippen molar-refractivity contribution in [2.24, 2.45) is 5.41 Å². The number of rotatable bonds is 7. The van der Waals surface area contributed by atoms with Crippen molar-refractivity contribution in [2.45, 2.75) is 65.8 Å². The molecule has 0 aliphatic heterocycles. The molecule has 0 bridgehead atoms. The molecule has 1 N–H and O–H groups in total. The van der Waals surface area contributed by atoms with Gasteiger partial charge in [-0.2, -0.15) is 0 Å². The predicted octanol–water partition coefficient (Wildman–Crippen LogP) is 4.40. The van der Waals surface area contributed by atoms with Crippen LogP contribution in [0.1, 0.15) is 56.2 Å². The third kappa shape index (κ3) is 3.82. The van der Waals surface area contributed by atoms with Crippen LogP contribution in [0.15, 0.2) is 18.2 Å². The van der Waals surface area contributed by atoms with Gasteiger partial charge < -0.3 is 5.32 Å². The van der Waals surface area contributed by atoms with E-state index >= 15 is 0 Å². The summed E-state index contributed by atoms with van der Waals surface area (Å²) in [5, 5.41) is 3.75. The minimum atomic E-state index is 0.432. The van der Waals surface area contributed by atoms with Crippen LogP contribution in [0.3, 0.4) is 0 Å². The van der Waals surface area contributed by atoms with Crippen molar-refractivity contribution in [3.05, 3.63) is 34.9 Å². The molecule has 0 atom stereocenters. The summed E-state index contributed by atoms with van der Waals surface area (Å²) in [7, 11) is 0. The van der Waals surface area contributed by atoms with E-state index in [9.17, 15) is 0 Å². The van der Waals surface area contributed by atoms with Gasteiger partial charge >= 0.3 is 0 Å². The summed E-state index contributed by atoms with van der Waals surface area (Å²) in [4.78, 5) is 0. The molecule has 2 rings (SSSR count). The standard InChI is InChI=1S/C18H29N/c1-5-18(6-2,13-19-17-9-10-17)12-16-11-14(3)7-8-15(16)4/h7-8,11,17,19H,5-6,9-10,12-13H2,1-4H3. The van der Waals surface area contributed by atoms with E-state index in [2.05, 4.69) is 51.2 Å². The third-order valence-corrected chi connectivity index (χ3v) is 4.91. The maximum atomic E-state index is 3.75. The van der Waals surface area contributed by atoms with Gasteiger partial charge in [0, 0.05) is 12.6 Å². The lowest BCUT2D eigenvalue weighted by atomic mass is 9.76. The summed E-state index contributed by atoms with van der Waals surface area (Å²) in [6.07, 6.45) is 6.50. The van der Waals surface area contributed by atoms with Crippen molar-refractivity contribution < 1.29 is 0 Å². The van der Waals surface area contributed by atoms with Gasteiger partial charge in [-0.25, -0.2) is 0 Å². The van der Waals surface area contributed by atoms with Crippen LogP contribution < -0.4 is 5.32 Å². The van der Waals surface area contributed by atoms with E-state index in [1.165, 1.54) is 49.8 Å². The lowest BCUT2D eigenvalue weighted by Gasteiger charge is -2.33. The molecule has 0 aromatic heterocycles.